The van der Waals surface area contributed by atoms with Crippen LogP contribution in [0.25, 0.3) is 16.5 Å². The van der Waals surface area contributed by atoms with Crippen LogP contribution in [-0.2, 0) is 16.0 Å². The van der Waals surface area contributed by atoms with Crippen molar-refractivity contribution >= 4 is 28.4 Å². The first kappa shape index (κ1) is 21.2. The summed E-state index contributed by atoms with van der Waals surface area (Å²) in [6.07, 6.45) is 5.08. The minimum Gasteiger partial charge on any atom is -0.378 e. The van der Waals surface area contributed by atoms with Gasteiger partial charge in [0.15, 0.2) is 0 Å². The summed E-state index contributed by atoms with van der Waals surface area (Å²) in [5.41, 5.74) is 4.54. The van der Waals surface area contributed by atoms with Crippen LogP contribution in [0.4, 0.5) is 4.79 Å². The molecule has 2 aliphatic heterocycles. The molecule has 2 atom stereocenters. The molecule has 32 heavy (non-hydrogen) atoms. The Morgan fingerprint density at radius 2 is 1.91 bits per heavy atom. The van der Waals surface area contributed by atoms with Gasteiger partial charge in [-0.1, -0.05) is 18.2 Å². The minimum atomic E-state index is -0.139. The van der Waals surface area contributed by atoms with Crippen molar-refractivity contribution in [2.75, 3.05) is 53.0 Å². The van der Waals surface area contributed by atoms with Crippen LogP contribution in [-0.4, -0.2) is 90.2 Å². The third-order valence-corrected chi connectivity index (χ3v) is 7.27. The molecule has 0 bridgehead atoms. The maximum atomic E-state index is 13.3. The van der Waals surface area contributed by atoms with E-state index in [2.05, 4.69) is 24.1 Å². The number of fused-ring (bicyclic) bond motifs is 2. The predicted octanol–water partition coefficient (Wildman–Crippen LogP) is 2.68. The van der Waals surface area contributed by atoms with Crippen molar-refractivity contribution in [3.63, 3.8) is 0 Å². The van der Waals surface area contributed by atoms with Crippen LogP contribution in [0.15, 0.2) is 30.5 Å². The molecular formula is C25H32N4O3. The van der Waals surface area contributed by atoms with E-state index in [1.165, 1.54) is 11.1 Å². The lowest BCUT2D eigenvalue weighted by Crippen LogP contribution is -2.47. The number of aromatic nitrogens is 1. The second kappa shape index (κ2) is 8.37. The van der Waals surface area contributed by atoms with Crippen molar-refractivity contribution in [1.82, 2.24) is 19.3 Å². The number of benzene rings is 1. The van der Waals surface area contributed by atoms with Gasteiger partial charge in [-0.15, -0.1) is 0 Å². The van der Waals surface area contributed by atoms with Crippen LogP contribution in [0.5, 0.6) is 0 Å². The van der Waals surface area contributed by atoms with Gasteiger partial charge in [0.05, 0.1) is 24.6 Å². The Bertz CT molecular complexity index is 1080. The van der Waals surface area contributed by atoms with E-state index in [0.717, 1.165) is 42.5 Å². The molecule has 2 aromatic rings. The molecule has 7 heteroatoms. The lowest BCUT2D eigenvalue weighted by Gasteiger charge is -2.40. The summed E-state index contributed by atoms with van der Waals surface area (Å²) in [5.74, 6) is 0.0610. The monoisotopic (exact) mass is 436 g/mol. The van der Waals surface area contributed by atoms with Gasteiger partial charge in [-0.2, -0.15) is 0 Å². The van der Waals surface area contributed by atoms with E-state index in [1.807, 2.05) is 46.5 Å². The van der Waals surface area contributed by atoms with Gasteiger partial charge in [-0.05, 0) is 50.1 Å². The van der Waals surface area contributed by atoms with Crippen LogP contribution in [0.3, 0.4) is 0 Å². The molecule has 2 amide bonds. The molecule has 1 saturated heterocycles. The quantitative estimate of drug-likeness (QED) is 0.742. The Balaban J connectivity index is 1.57. The van der Waals surface area contributed by atoms with Gasteiger partial charge in [0.1, 0.15) is 0 Å². The Kier molecular flexibility index (Phi) is 5.55. The first-order valence-corrected chi connectivity index (χ1v) is 11.7. The SMILES string of the molecule is CCN(CC)C(=O)[C@@H]1C=C2c3cccc4c3c(cn4C(=O)N3CCOCC3)C[C@H]2N(C)C1. The zero-order valence-corrected chi connectivity index (χ0v) is 19.2. The van der Waals surface area contributed by atoms with Gasteiger partial charge in [0.2, 0.25) is 5.91 Å². The number of likely N-dealkylation sites (N-methyl/N-ethyl adjacent to an activating group) is 1. The molecule has 170 valence electrons. The van der Waals surface area contributed by atoms with Gasteiger partial charge in [0, 0.05) is 50.3 Å². The summed E-state index contributed by atoms with van der Waals surface area (Å²) in [5, 5.41) is 1.15. The lowest BCUT2D eigenvalue weighted by molar-refractivity contribution is -0.134. The van der Waals surface area contributed by atoms with Crippen molar-refractivity contribution in [2.24, 2.45) is 5.92 Å². The smallest absolute Gasteiger partial charge is 0.328 e. The highest BCUT2D eigenvalue weighted by molar-refractivity contribution is 6.03. The summed E-state index contributed by atoms with van der Waals surface area (Å²) in [4.78, 5) is 32.5. The summed E-state index contributed by atoms with van der Waals surface area (Å²) in [6.45, 7) is 8.68. The second-order valence-corrected chi connectivity index (χ2v) is 9.00. The van der Waals surface area contributed by atoms with Gasteiger partial charge < -0.3 is 14.5 Å². The number of ether oxygens (including phenoxy) is 1. The third kappa shape index (κ3) is 3.35. The van der Waals surface area contributed by atoms with E-state index in [9.17, 15) is 9.59 Å². The number of rotatable bonds is 3. The fourth-order valence-electron chi connectivity index (χ4n) is 5.55. The minimum absolute atomic E-state index is 0.0171. The fourth-order valence-corrected chi connectivity index (χ4v) is 5.55. The Labute approximate surface area is 189 Å². The van der Waals surface area contributed by atoms with Crippen molar-refractivity contribution in [3.8, 4) is 0 Å². The van der Waals surface area contributed by atoms with Crippen LogP contribution < -0.4 is 0 Å². The third-order valence-electron chi connectivity index (χ3n) is 7.27. The number of hydrogen-bond donors (Lipinski definition) is 0. The molecule has 1 aliphatic carbocycles. The van der Waals surface area contributed by atoms with Crippen LogP contribution in [0, 0.1) is 5.92 Å². The fraction of sp³-hybridized carbons (Fsp3) is 0.520. The van der Waals surface area contributed by atoms with E-state index in [1.54, 1.807) is 0 Å². The highest BCUT2D eigenvalue weighted by Gasteiger charge is 2.37. The first-order valence-electron chi connectivity index (χ1n) is 11.7. The van der Waals surface area contributed by atoms with E-state index >= 15 is 0 Å². The number of hydrogen-bond acceptors (Lipinski definition) is 4. The normalized spacial score (nSPS) is 23.1. The van der Waals surface area contributed by atoms with Crippen LogP contribution in [0.1, 0.15) is 25.0 Å². The summed E-state index contributed by atoms with van der Waals surface area (Å²) in [6, 6.07) is 6.45. The number of nitrogens with zero attached hydrogens (tertiary/aromatic N) is 4. The molecule has 1 aromatic heterocycles. The number of morpholine rings is 1. The van der Waals surface area contributed by atoms with Crippen LogP contribution >= 0.6 is 0 Å². The van der Waals surface area contributed by atoms with Crippen molar-refractivity contribution < 1.29 is 14.3 Å². The highest BCUT2D eigenvalue weighted by atomic mass is 16.5. The largest absolute Gasteiger partial charge is 0.378 e. The molecule has 0 unspecified atom stereocenters. The zero-order chi connectivity index (χ0) is 22.4. The van der Waals surface area contributed by atoms with E-state index in [0.29, 0.717) is 26.3 Å². The maximum absolute atomic E-state index is 13.3. The molecule has 0 spiro atoms. The molecule has 1 aromatic carbocycles. The summed E-state index contributed by atoms with van der Waals surface area (Å²) < 4.78 is 7.24. The summed E-state index contributed by atoms with van der Waals surface area (Å²) in [7, 11) is 2.11. The second-order valence-electron chi connectivity index (χ2n) is 9.00. The molecule has 3 heterocycles. The van der Waals surface area contributed by atoms with Gasteiger partial charge >= 0.3 is 6.03 Å². The molecule has 0 saturated carbocycles. The Morgan fingerprint density at radius 1 is 1.16 bits per heavy atom. The van der Waals surface area contributed by atoms with Crippen molar-refractivity contribution in [1.29, 1.82) is 0 Å². The highest BCUT2D eigenvalue weighted by Crippen LogP contribution is 2.42. The number of amides is 2. The zero-order valence-electron chi connectivity index (χ0n) is 19.2. The molecular weight excluding hydrogens is 404 g/mol. The molecule has 7 nitrogen and oxygen atoms in total. The van der Waals surface area contributed by atoms with Gasteiger partial charge in [0.25, 0.3) is 0 Å². The summed E-state index contributed by atoms with van der Waals surface area (Å²) >= 11 is 0. The Hall–Kier alpha value is -2.64. The lowest BCUT2D eigenvalue weighted by atomic mass is 9.79. The van der Waals surface area contributed by atoms with Crippen molar-refractivity contribution in [2.45, 2.75) is 26.3 Å². The Morgan fingerprint density at radius 3 is 2.62 bits per heavy atom. The first-order chi connectivity index (χ1) is 15.5. The average molecular weight is 437 g/mol. The molecule has 0 radical (unpaired) electrons. The van der Waals surface area contributed by atoms with Crippen LogP contribution in [0.2, 0.25) is 0 Å². The van der Waals surface area contributed by atoms with E-state index in [4.69, 9.17) is 4.74 Å². The molecule has 0 N–H and O–H groups in total. The van der Waals surface area contributed by atoms with Crippen molar-refractivity contribution in [3.05, 3.63) is 41.6 Å². The maximum Gasteiger partial charge on any atom is 0.328 e. The van der Waals surface area contributed by atoms with E-state index < -0.39 is 0 Å². The average Bonchev–Trinajstić information content (AvgIpc) is 3.20. The van der Waals surface area contributed by atoms with E-state index in [-0.39, 0.29) is 23.9 Å². The number of carbonyl (C=O) groups is 2. The topological polar surface area (TPSA) is 58.0 Å². The molecule has 5 rings (SSSR count). The van der Waals surface area contributed by atoms with Gasteiger partial charge in [-0.25, -0.2) is 4.79 Å². The standard InChI is InChI=1S/C25H32N4O3/c1-4-27(5-2)24(30)18-13-20-19-7-6-8-21-23(19)17(14-22(20)26(3)15-18)16-29(21)25(31)28-9-11-32-12-10-28/h6-8,13,16,18,22H,4-5,9-12,14-15H2,1-3H3/t18-,22-/m1/s1. The van der Waals surface area contributed by atoms with Gasteiger partial charge in [-0.3, -0.25) is 14.3 Å². The molecule has 1 fully saturated rings. The predicted molar refractivity (Wildman–Crippen MR) is 125 cm³/mol. The molecule has 3 aliphatic rings. The number of carbonyl (C=O) groups excluding carboxylic acids is 2.